The first-order valence-electron chi connectivity index (χ1n) is 6.75. The molecule has 114 valence electrons. The molecule has 0 aromatic heterocycles. The molecule has 7 heteroatoms. The number of rotatable bonds is 7. The van der Waals surface area contributed by atoms with Gasteiger partial charge in [-0.05, 0) is 30.7 Å². The number of ether oxygens (including phenoxy) is 1. The third-order valence-corrected chi connectivity index (χ3v) is 3.51. The molecule has 2 amide bonds. The van der Waals surface area contributed by atoms with Gasteiger partial charge in [-0.15, -0.1) is 0 Å². The van der Waals surface area contributed by atoms with E-state index in [4.69, 9.17) is 7.80 Å². The molecule has 1 saturated heterocycles. The van der Waals surface area contributed by atoms with Crippen LogP contribution < -0.4 is 15.4 Å². The predicted molar refractivity (Wildman–Crippen MR) is 86.3 cm³/mol. The highest BCUT2D eigenvalue weighted by atomic mass is 127. The summed E-state index contributed by atoms with van der Waals surface area (Å²) in [7, 11) is 0. The Labute approximate surface area is 137 Å². The van der Waals surface area contributed by atoms with Crippen molar-refractivity contribution < 1.29 is 17.4 Å². The molecule has 1 fully saturated rings. The maximum atomic E-state index is 11.6. The second kappa shape index (κ2) is 8.18. The summed E-state index contributed by atoms with van der Waals surface area (Å²) in [6.45, 7) is 1.26. The molecule has 6 nitrogen and oxygen atoms in total. The van der Waals surface area contributed by atoms with Gasteiger partial charge >= 0.3 is 0 Å². The molecule has 0 radical (unpaired) electrons. The Bertz CT molecular complexity index is 492. The van der Waals surface area contributed by atoms with Crippen LogP contribution in [0.3, 0.4) is 0 Å². The quantitative estimate of drug-likeness (QED) is 0.413. The monoisotopic (exact) mass is 404 g/mol. The number of hydrogen-bond donors (Lipinski definition) is 2. The molecule has 0 saturated carbocycles. The SMILES string of the molecule is O=C1CCC(Nc2ccc(OCCCOI)cc2)C(=O)N1. The fourth-order valence-electron chi connectivity index (χ4n) is 1.98. The van der Waals surface area contributed by atoms with Gasteiger partial charge in [-0.1, -0.05) is 0 Å². The molecule has 0 spiro atoms. The summed E-state index contributed by atoms with van der Waals surface area (Å²) >= 11 is 1.86. The number of amides is 2. The zero-order chi connectivity index (χ0) is 15.1. The molecule has 1 heterocycles. The third-order valence-electron chi connectivity index (χ3n) is 3.07. The molecule has 0 aliphatic carbocycles. The first kappa shape index (κ1) is 16.0. The van der Waals surface area contributed by atoms with Crippen LogP contribution in [0.2, 0.25) is 0 Å². The average molecular weight is 404 g/mol. The summed E-state index contributed by atoms with van der Waals surface area (Å²) in [4.78, 5) is 22.7. The average Bonchev–Trinajstić information content (AvgIpc) is 2.48. The van der Waals surface area contributed by atoms with E-state index < -0.39 is 0 Å². The molecule has 2 N–H and O–H groups in total. The molecule has 1 unspecified atom stereocenters. The van der Waals surface area contributed by atoms with E-state index in [1.165, 1.54) is 0 Å². The first-order valence-corrected chi connectivity index (χ1v) is 7.64. The van der Waals surface area contributed by atoms with Crippen LogP contribution in [-0.4, -0.2) is 31.1 Å². The fraction of sp³-hybridized carbons (Fsp3) is 0.429. The van der Waals surface area contributed by atoms with Crippen molar-refractivity contribution in [3.8, 4) is 5.75 Å². The van der Waals surface area contributed by atoms with Crippen LogP contribution in [-0.2, 0) is 12.7 Å². The maximum Gasteiger partial charge on any atom is 0.249 e. The Morgan fingerprint density at radius 2 is 2.00 bits per heavy atom. The minimum Gasteiger partial charge on any atom is -0.494 e. The summed E-state index contributed by atoms with van der Waals surface area (Å²) in [5.41, 5.74) is 0.826. The summed E-state index contributed by atoms with van der Waals surface area (Å²) < 4.78 is 10.5. The van der Waals surface area contributed by atoms with Gasteiger partial charge in [0.15, 0.2) is 0 Å². The van der Waals surface area contributed by atoms with Gasteiger partial charge in [0.25, 0.3) is 0 Å². The van der Waals surface area contributed by atoms with Crippen LogP contribution in [0.25, 0.3) is 0 Å². The molecule has 1 aliphatic heterocycles. The molecule has 1 aromatic carbocycles. The zero-order valence-corrected chi connectivity index (χ0v) is 13.6. The van der Waals surface area contributed by atoms with Crippen molar-refractivity contribution in [3.63, 3.8) is 0 Å². The van der Waals surface area contributed by atoms with Gasteiger partial charge in [-0.3, -0.25) is 14.9 Å². The van der Waals surface area contributed by atoms with E-state index in [-0.39, 0.29) is 17.9 Å². The highest BCUT2D eigenvalue weighted by molar-refractivity contribution is 14.1. The van der Waals surface area contributed by atoms with Crippen LogP contribution in [0.1, 0.15) is 19.3 Å². The minimum atomic E-state index is -0.365. The lowest BCUT2D eigenvalue weighted by atomic mass is 10.1. The summed E-state index contributed by atoms with van der Waals surface area (Å²) in [6.07, 6.45) is 1.71. The van der Waals surface area contributed by atoms with Gasteiger partial charge < -0.3 is 13.1 Å². The van der Waals surface area contributed by atoms with Crippen molar-refractivity contribution in [1.82, 2.24) is 5.32 Å². The second-order valence-corrected chi connectivity index (χ2v) is 5.31. The van der Waals surface area contributed by atoms with Crippen LogP contribution in [0.5, 0.6) is 5.75 Å². The summed E-state index contributed by atoms with van der Waals surface area (Å²) in [5, 5.41) is 5.44. The molecule has 2 rings (SSSR count). The first-order chi connectivity index (χ1) is 10.2. The second-order valence-electron chi connectivity index (χ2n) is 4.69. The van der Waals surface area contributed by atoms with Gasteiger partial charge in [-0.2, -0.15) is 0 Å². The van der Waals surface area contributed by atoms with Crippen molar-refractivity contribution in [2.24, 2.45) is 0 Å². The van der Waals surface area contributed by atoms with Crippen molar-refractivity contribution in [3.05, 3.63) is 24.3 Å². The van der Waals surface area contributed by atoms with E-state index in [1.54, 1.807) is 0 Å². The lowest BCUT2D eigenvalue weighted by Crippen LogP contribution is -2.47. The van der Waals surface area contributed by atoms with E-state index in [2.05, 4.69) is 10.6 Å². The van der Waals surface area contributed by atoms with Crippen LogP contribution in [0, 0.1) is 0 Å². The zero-order valence-electron chi connectivity index (χ0n) is 11.4. The number of carbonyl (C=O) groups excluding carboxylic acids is 2. The Morgan fingerprint density at radius 3 is 2.67 bits per heavy atom. The largest absolute Gasteiger partial charge is 0.494 e. The Balaban J connectivity index is 1.82. The normalized spacial score (nSPS) is 18.2. The van der Waals surface area contributed by atoms with Gasteiger partial charge in [0.05, 0.1) is 13.2 Å². The van der Waals surface area contributed by atoms with Crippen molar-refractivity contribution in [1.29, 1.82) is 0 Å². The smallest absolute Gasteiger partial charge is 0.249 e. The Kier molecular flexibility index (Phi) is 6.24. The van der Waals surface area contributed by atoms with Crippen molar-refractivity contribution >= 4 is 40.5 Å². The molecule has 1 atom stereocenters. The predicted octanol–water partition coefficient (Wildman–Crippen LogP) is 2.04. The minimum absolute atomic E-state index is 0.211. The van der Waals surface area contributed by atoms with E-state index in [0.717, 1.165) is 17.9 Å². The fourth-order valence-corrected chi connectivity index (χ4v) is 2.29. The number of nitrogens with one attached hydrogen (secondary N) is 2. The third kappa shape index (κ3) is 5.16. The van der Waals surface area contributed by atoms with Gasteiger partial charge in [0.2, 0.25) is 11.8 Å². The van der Waals surface area contributed by atoms with Crippen LogP contribution >= 0.6 is 23.0 Å². The van der Waals surface area contributed by atoms with Crippen molar-refractivity contribution in [2.45, 2.75) is 25.3 Å². The standard InChI is InChI=1S/C14H17IN2O4/c15-21-9-1-8-20-11-4-2-10(3-5-11)16-12-6-7-13(18)17-14(12)19/h2-5,12,16H,1,6-9H2,(H,17,18,19). The number of anilines is 1. The van der Waals surface area contributed by atoms with Crippen LogP contribution in [0.4, 0.5) is 5.69 Å². The highest BCUT2D eigenvalue weighted by Crippen LogP contribution is 2.18. The Hall–Kier alpha value is -1.35. The van der Waals surface area contributed by atoms with Gasteiger partial charge in [0, 0.05) is 18.5 Å². The number of benzene rings is 1. The van der Waals surface area contributed by atoms with Gasteiger partial charge in [-0.25, -0.2) is 0 Å². The van der Waals surface area contributed by atoms with E-state index in [0.29, 0.717) is 26.1 Å². The van der Waals surface area contributed by atoms with Crippen LogP contribution in [0.15, 0.2) is 24.3 Å². The number of carbonyl (C=O) groups is 2. The molecule has 1 aromatic rings. The topological polar surface area (TPSA) is 76.7 Å². The lowest BCUT2D eigenvalue weighted by Gasteiger charge is -2.22. The maximum absolute atomic E-state index is 11.6. The van der Waals surface area contributed by atoms with Crippen molar-refractivity contribution in [2.75, 3.05) is 18.5 Å². The van der Waals surface area contributed by atoms with E-state index >= 15 is 0 Å². The van der Waals surface area contributed by atoms with E-state index in [1.807, 2.05) is 47.3 Å². The number of hydrogen-bond acceptors (Lipinski definition) is 5. The number of halogens is 1. The molecule has 1 aliphatic rings. The number of piperidine rings is 1. The molecular weight excluding hydrogens is 387 g/mol. The Morgan fingerprint density at radius 1 is 1.24 bits per heavy atom. The molecular formula is C14H17IN2O4. The van der Waals surface area contributed by atoms with Gasteiger partial charge in [0.1, 0.15) is 34.8 Å². The summed E-state index contributed by atoms with van der Waals surface area (Å²) in [6, 6.07) is 7.04. The summed E-state index contributed by atoms with van der Waals surface area (Å²) in [5.74, 6) is 0.292. The highest BCUT2D eigenvalue weighted by Gasteiger charge is 2.26. The van der Waals surface area contributed by atoms with E-state index in [9.17, 15) is 9.59 Å². The lowest BCUT2D eigenvalue weighted by molar-refractivity contribution is -0.133. The molecule has 0 bridgehead atoms. The molecule has 21 heavy (non-hydrogen) atoms. The number of imide groups is 1.